The molecule has 0 spiro atoms. The maximum atomic E-state index is 11.7. The zero-order chi connectivity index (χ0) is 14.0. The number of hydrogen-bond donors (Lipinski definition) is 1. The van der Waals surface area contributed by atoms with Crippen LogP contribution in [0.1, 0.15) is 50.3 Å². The molecule has 19 heavy (non-hydrogen) atoms. The summed E-state index contributed by atoms with van der Waals surface area (Å²) in [5, 5.41) is 9.63. The second kappa shape index (κ2) is 5.33. The number of carboxylic acids is 1. The Morgan fingerprint density at radius 3 is 2.58 bits per heavy atom. The van der Waals surface area contributed by atoms with Gasteiger partial charge in [-0.05, 0) is 45.2 Å². The molecule has 2 rings (SSSR count). The van der Waals surface area contributed by atoms with Crippen LogP contribution in [-0.2, 0) is 4.79 Å². The molecule has 0 saturated carbocycles. The maximum absolute atomic E-state index is 11.7. The third-order valence-electron chi connectivity index (χ3n) is 4.55. The molecule has 1 aromatic carbocycles. The van der Waals surface area contributed by atoms with Crippen LogP contribution < -0.4 is 0 Å². The monoisotopic (exact) mass is 261 g/mol. The van der Waals surface area contributed by atoms with Gasteiger partial charge in [0.25, 0.3) is 0 Å². The predicted molar refractivity (Wildman–Crippen MR) is 76.2 cm³/mol. The molecule has 2 unspecified atom stereocenters. The minimum Gasteiger partial charge on any atom is -0.480 e. The summed E-state index contributed by atoms with van der Waals surface area (Å²) < 4.78 is 0. The lowest BCUT2D eigenvalue weighted by molar-refractivity contribution is -0.151. The Labute approximate surface area is 115 Å². The van der Waals surface area contributed by atoms with Crippen molar-refractivity contribution in [2.75, 3.05) is 6.54 Å². The van der Waals surface area contributed by atoms with E-state index < -0.39 is 11.5 Å². The third-order valence-corrected chi connectivity index (χ3v) is 4.55. The summed E-state index contributed by atoms with van der Waals surface area (Å²) in [6.45, 7) is 7.03. The first-order valence-corrected chi connectivity index (χ1v) is 7.08. The molecule has 1 aliphatic rings. The SMILES string of the molecule is CCC1(C(=O)O)CCCN1C(C)c1ccc(C)cc1. The number of likely N-dealkylation sites (tertiary alicyclic amines) is 1. The summed E-state index contributed by atoms with van der Waals surface area (Å²) in [7, 11) is 0. The standard InChI is InChI=1S/C16H23NO2/c1-4-16(15(18)19)10-5-11-17(16)13(3)14-8-6-12(2)7-9-14/h6-9,13H,4-5,10-11H2,1-3H3,(H,18,19). The van der Waals surface area contributed by atoms with E-state index in [0.717, 1.165) is 19.4 Å². The molecular formula is C16H23NO2. The van der Waals surface area contributed by atoms with Gasteiger partial charge in [-0.15, -0.1) is 0 Å². The van der Waals surface area contributed by atoms with Crippen LogP contribution >= 0.6 is 0 Å². The topological polar surface area (TPSA) is 40.5 Å². The zero-order valence-corrected chi connectivity index (χ0v) is 12.0. The van der Waals surface area contributed by atoms with E-state index in [1.165, 1.54) is 11.1 Å². The fourth-order valence-electron chi connectivity index (χ4n) is 3.25. The highest BCUT2D eigenvalue weighted by Gasteiger charge is 2.48. The minimum atomic E-state index is -0.676. The van der Waals surface area contributed by atoms with E-state index in [1.807, 2.05) is 6.92 Å². The van der Waals surface area contributed by atoms with E-state index in [4.69, 9.17) is 0 Å². The second-order valence-corrected chi connectivity index (χ2v) is 5.57. The zero-order valence-electron chi connectivity index (χ0n) is 12.0. The Balaban J connectivity index is 2.29. The predicted octanol–water partition coefficient (Wildman–Crippen LogP) is 3.39. The van der Waals surface area contributed by atoms with Crippen molar-refractivity contribution < 1.29 is 9.90 Å². The molecular weight excluding hydrogens is 238 g/mol. The third kappa shape index (κ3) is 2.39. The second-order valence-electron chi connectivity index (χ2n) is 5.57. The smallest absolute Gasteiger partial charge is 0.324 e. The number of aryl methyl sites for hydroxylation is 1. The van der Waals surface area contributed by atoms with Gasteiger partial charge in [-0.3, -0.25) is 9.69 Å². The number of aliphatic carboxylic acids is 1. The molecule has 0 bridgehead atoms. The maximum Gasteiger partial charge on any atom is 0.324 e. The van der Waals surface area contributed by atoms with Crippen LogP contribution in [-0.4, -0.2) is 28.1 Å². The summed E-state index contributed by atoms with van der Waals surface area (Å²) in [6.07, 6.45) is 2.39. The molecule has 1 heterocycles. The van der Waals surface area contributed by atoms with Gasteiger partial charge in [0.15, 0.2) is 0 Å². The molecule has 1 aromatic rings. The van der Waals surface area contributed by atoms with E-state index in [9.17, 15) is 9.90 Å². The Hall–Kier alpha value is -1.35. The molecule has 0 aromatic heterocycles. The summed E-state index contributed by atoms with van der Waals surface area (Å²) in [4.78, 5) is 13.9. The number of carbonyl (C=O) groups is 1. The summed E-state index contributed by atoms with van der Waals surface area (Å²) in [5.74, 6) is -0.675. The molecule has 1 aliphatic heterocycles. The lowest BCUT2D eigenvalue weighted by Gasteiger charge is -2.38. The van der Waals surface area contributed by atoms with Crippen LogP contribution in [0.5, 0.6) is 0 Å². The van der Waals surface area contributed by atoms with Crippen molar-refractivity contribution in [2.45, 2.75) is 51.6 Å². The van der Waals surface area contributed by atoms with Gasteiger partial charge in [0, 0.05) is 6.04 Å². The van der Waals surface area contributed by atoms with Gasteiger partial charge < -0.3 is 5.11 Å². The van der Waals surface area contributed by atoms with Gasteiger partial charge in [0.2, 0.25) is 0 Å². The molecule has 2 atom stereocenters. The first-order chi connectivity index (χ1) is 9.01. The number of hydrogen-bond acceptors (Lipinski definition) is 2. The van der Waals surface area contributed by atoms with Crippen molar-refractivity contribution in [3.05, 3.63) is 35.4 Å². The highest BCUT2D eigenvalue weighted by atomic mass is 16.4. The lowest BCUT2D eigenvalue weighted by atomic mass is 9.91. The fourth-order valence-corrected chi connectivity index (χ4v) is 3.25. The lowest BCUT2D eigenvalue weighted by Crippen LogP contribution is -2.50. The molecule has 1 fully saturated rings. The highest BCUT2D eigenvalue weighted by Crippen LogP contribution is 2.39. The Bertz CT molecular complexity index is 454. The van der Waals surface area contributed by atoms with Crippen molar-refractivity contribution in [3.63, 3.8) is 0 Å². The number of carboxylic acid groups (broad SMARTS) is 1. The number of rotatable bonds is 4. The van der Waals surface area contributed by atoms with Crippen LogP contribution in [0.25, 0.3) is 0 Å². The molecule has 3 heteroatoms. The Morgan fingerprint density at radius 1 is 1.42 bits per heavy atom. The molecule has 104 valence electrons. The largest absolute Gasteiger partial charge is 0.480 e. The minimum absolute atomic E-state index is 0.152. The molecule has 1 saturated heterocycles. The van der Waals surface area contributed by atoms with Gasteiger partial charge in [-0.2, -0.15) is 0 Å². The highest BCUT2D eigenvalue weighted by molar-refractivity contribution is 5.79. The Kier molecular flexibility index (Phi) is 3.95. The van der Waals surface area contributed by atoms with E-state index in [2.05, 4.69) is 43.0 Å². The van der Waals surface area contributed by atoms with Gasteiger partial charge in [0.1, 0.15) is 5.54 Å². The van der Waals surface area contributed by atoms with E-state index in [0.29, 0.717) is 6.42 Å². The van der Waals surface area contributed by atoms with E-state index in [-0.39, 0.29) is 6.04 Å². The van der Waals surface area contributed by atoms with Crippen molar-refractivity contribution in [2.24, 2.45) is 0 Å². The fraction of sp³-hybridized carbons (Fsp3) is 0.562. The Morgan fingerprint density at radius 2 is 2.05 bits per heavy atom. The molecule has 3 nitrogen and oxygen atoms in total. The van der Waals surface area contributed by atoms with E-state index in [1.54, 1.807) is 0 Å². The average Bonchev–Trinajstić information content (AvgIpc) is 2.83. The van der Waals surface area contributed by atoms with Crippen molar-refractivity contribution >= 4 is 5.97 Å². The molecule has 0 radical (unpaired) electrons. The summed E-state index contributed by atoms with van der Waals surface area (Å²) >= 11 is 0. The number of benzene rings is 1. The van der Waals surface area contributed by atoms with Gasteiger partial charge in [-0.25, -0.2) is 0 Å². The first-order valence-electron chi connectivity index (χ1n) is 7.08. The van der Waals surface area contributed by atoms with E-state index >= 15 is 0 Å². The summed E-state index contributed by atoms with van der Waals surface area (Å²) in [6, 6.07) is 8.56. The van der Waals surface area contributed by atoms with Crippen molar-refractivity contribution in [3.8, 4) is 0 Å². The quantitative estimate of drug-likeness (QED) is 0.903. The van der Waals surface area contributed by atoms with Crippen LogP contribution in [0.3, 0.4) is 0 Å². The van der Waals surface area contributed by atoms with Crippen LogP contribution in [0.2, 0.25) is 0 Å². The van der Waals surface area contributed by atoms with Crippen LogP contribution in [0.15, 0.2) is 24.3 Å². The average molecular weight is 261 g/mol. The summed E-state index contributed by atoms with van der Waals surface area (Å²) in [5.41, 5.74) is 1.76. The normalized spacial score (nSPS) is 25.4. The number of nitrogens with zero attached hydrogens (tertiary/aromatic N) is 1. The van der Waals surface area contributed by atoms with Crippen molar-refractivity contribution in [1.82, 2.24) is 4.90 Å². The first kappa shape index (κ1) is 14.1. The van der Waals surface area contributed by atoms with Gasteiger partial charge >= 0.3 is 5.97 Å². The van der Waals surface area contributed by atoms with Gasteiger partial charge in [-0.1, -0.05) is 36.8 Å². The molecule has 0 amide bonds. The van der Waals surface area contributed by atoms with Crippen LogP contribution in [0, 0.1) is 6.92 Å². The van der Waals surface area contributed by atoms with Gasteiger partial charge in [0.05, 0.1) is 0 Å². The molecule has 1 N–H and O–H groups in total. The van der Waals surface area contributed by atoms with Crippen LogP contribution in [0.4, 0.5) is 0 Å². The van der Waals surface area contributed by atoms with Crippen molar-refractivity contribution in [1.29, 1.82) is 0 Å². The molecule has 0 aliphatic carbocycles.